The average Bonchev–Trinajstić information content (AvgIpc) is 1.98. The summed E-state index contributed by atoms with van der Waals surface area (Å²) in [6.45, 7) is 2.19. The smallest absolute Gasteiger partial charge is 0.263 e. The first-order valence-electron chi connectivity index (χ1n) is 2.88. The Morgan fingerprint density at radius 1 is 1.89 bits per heavy atom. The van der Waals surface area contributed by atoms with E-state index in [0.29, 0.717) is 11.6 Å². The summed E-state index contributed by atoms with van der Waals surface area (Å²) >= 11 is 0. The minimum atomic E-state index is -0.505. The fourth-order valence-corrected chi connectivity index (χ4v) is 0.892. The van der Waals surface area contributed by atoms with E-state index < -0.39 is 6.04 Å². The lowest BCUT2D eigenvalue weighted by molar-refractivity contribution is -0.158. The Bertz CT molecular complexity index is 137. The fraction of sp³-hybridized carbons (Fsp3) is 0.800. The third-order valence-corrected chi connectivity index (χ3v) is 1.61. The van der Waals surface area contributed by atoms with Gasteiger partial charge >= 0.3 is 0 Å². The molecule has 0 aromatic heterocycles. The second-order valence-corrected chi connectivity index (χ2v) is 2.42. The number of nitrogens with two attached hydrogens (primary N) is 1. The van der Waals surface area contributed by atoms with Gasteiger partial charge < -0.3 is 5.73 Å². The highest BCUT2D eigenvalue weighted by atomic mass is 16.5. The zero-order valence-corrected chi connectivity index (χ0v) is 5.24. The van der Waals surface area contributed by atoms with E-state index in [2.05, 4.69) is 0 Å². The van der Waals surface area contributed by atoms with Crippen molar-refractivity contribution in [2.24, 2.45) is 11.7 Å². The molecule has 3 N–H and O–H groups in total. The van der Waals surface area contributed by atoms with Crippen LogP contribution in [-0.4, -0.2) is 28.8 Å². The van der Waals surface area contributed by atoms with Gasteiger partial charge in [-0.1, -0.05) is 6.92 Å². The zero-order chi connectivity index (χ0) is 7.02. The Hall–Kier alpha value is -0.610. The molecule has 0 aliphatic carbocycles. The van der Waals surface area contributed by atoms with E-state index in [1.165, 1.54) is 0 Å². The van der Waals surface area contributed by atoms with Crippen LogP contribution in [0, 0.1) is 5.92 Å². The normalized spacial score (nSPS) is 35.9. The molecule has 1 heterocycles. The van der Waals surface area contributed by atoms with Crippen LogP contribution in [0.3, 0.4) is 0 Å². The number of carbonyl (C=O) groups excluding carboxylic acids is 1. The standard InChI is InChI=1S/C5H10N2O2/c1-3-2-7(9)5(8)4(3)6/h3-4,9H,2,6H2,1H3/t3-,4-/m0/s1. The molecule has 0 saturated carbocycles. The quantitative estimate of drug-likeness (QED) is 0.421. The van der Waals surface area contributed by atoms with Gasteiger partial charge in [0.2, 0.25) is 0 Å². The third kappa shape index (κ3) is 0.906. The topological polar surface area (TPSA) is 66.6 Å². The molecule has 0 spiro atoms. The Morgan fingerprint density at radius 2 is 2.44 bits per heavy atom. The van der Waals surface area contributed by atoms with Crippen LogP contribution in [-0.2, 0) is 4.79 Å². The lowest BCUT2D eigenvalue weighted by Crippen LogP contribution is -2.33. The van der Waals surface area contributed by atoms with Gasteiger partial charge in [-0.3, -0.25) is 10.0 Å². The molecule has 0 aromatic carbocycles. The van der Waals surface area contributed by atoms with E-state index in [1.54, 1.807) is 0 Å². The monoisotopic (exact) mass is 130 g/mol. The van der Waals surface area contributed by atoms with E-state index in [0.717, 1.165) is 0 Å². The number of carbonyl (C=O) groups is 1. The van der Waals surface area contributed by atoms with Gasteiger partial charge in [0.25, 0.3) is 5.91 Å². The van der Waals surface area contributed by atoms with Gasteiger partial charge in [0.1, 0.15) is 0 Å². The molecule has 1 amide bonds. The molecule has 2 atom stereocenters. The number of hydroxylamine groups is 2. The molecule has 4 heteroatoms. The first-order valence-corrected chi connectivity index (χ1v) is 2.88. The summed E-state index contributed by atoms with van der Waals surface area (Å²) in [6.07, 6.45) is 0. The van der Waals surface area contributed by atoms with Crippen molar-refractivity contribution in [3.05, 3.63) is 0 Å². The second kappa shape index (κ2) is 1.97. The fourth-order valence-electron chi connectivity index (χ4n) is 0.892. The van der Waals surface area contributed by atoms with Gasteiger partial charge in [0, 0.05) is 5.92 Å². The van der Waals surface area contributed by atoms with E-state index in [4.69, 9.17) is 10.9 Å². The van der Waals surface area contributed by atoms with Gasteiger partial charge in [-0.25, -0.2) is 5.06 Å². The first-order chi connectivity index (χ1) is 4.13. The highest BCUT2D eigenvalue weighted by Gasteiger charge is 2.33. The van der Waals surface area contributed by atoms with Crippen LogP contribution in [0.1, 0.15) is 6.92 Å². The van der Waals surface area contributed by atoms with Crippen molar-refractivity contribution >= 4 is 5.91 Å². The molecule has 0 bridgehead atoms. The van der Waals surface area contributed by atoms with Crippen molar-refractivity contribution in [2.75, 3.05) is 6.54 Å². The van der Waals surface area contributed by atoms with E-state index in [9.17, 15) is 4.79 Å². The Morgan fingerprint density at radius 3 is 2.56 bits per heavy atom. The highest BCUT2D eigenvalue weighted by Crippen LogP contribution is 2.12. The maximum atomic E-state index is 10.7. The summed E-state index contributed by atoms with van der Waals surface area (Å²) in [6, 6.07) is -0.505. The van der Waals surface area contributed by atoms with Crippen LogP contribution in [0.2, 0.25) is 0 Å². The largest absolute Gasteiger partial charge is 0.320 e. The van der Waals surface area contributed by atoms with Gasteiger partial charge in [0.15, 0.2) is 0 Å². The maximum absolute atomic E-state index is 10.7. The lowest BCUT2D eigenvalue weighted by Gasteiger charge is -2.02. The maximum Gasteiger partial charge on any atom is 0.263 e. The number of nitrogens with zero attached hydrogens (tertiary/aromatic N) is 1. The van der Waals surface area contributed by atoms with Crippen molar-refractivity contribution in [2.45, 2.75) is 13.0 Å². The van der Waals surface area contributed by atoms with Gasteiger partial charge in [0.05, 0.1) is 12.6 Å². The van der Waals surface area contributed by atoms with Crippen LogP contribution in [0.15, 0.2) is 0 Å². The van der Waals surface area contributed by atoms with Gasteiger partial charge in [-0.15, -0.1) is 0 Å². The van der Waals surface area contributed by atoms with Crippen LogP contribution in [0.4, 0.5) is 0 Å². The van der Waals surface area contributed by atoms with E-state index in [-0.39, 0.29) is 11.8 Å². The SMILES string of the molecule is C[C@H]1CN(O)C(=O)[C@H]1N. The van der Waals surface area contributed by atoms with Crippen molar-refractivity contribution in [1.82, 2.24) is 5.06 Å². The van der Waals surface area contributed by atoms with Gasteiger partial charge in [-0.05, 0) is 0 Å². The molecule has 4 nitrogen and oxygen atoms in total. The van der Waals surface area contributed by atoms with Crippen LogP contribution < -0.4 is 5.73 Å². The summed E-state index contributed by atoms with van der Waals surface area (Å²) < 4.78 is 0. The molecular weight excluding hydrogens is 120 g/mol. The third-order valence-electron chi connectivity index (χ3n) is 1.61. The number of rotatable bonds is 0. The van der Waals surface area contributed by atoms with Crippen molar-refractivity contribution in [1.29, 1.82) is 0 Å². The molecule has 0 radical (unpaired) electrons. The van der Waals surface area contributed by atoms with Crippen molar-refractivity contribution in [3.63, 3.8) is 0 Å². The predicted octanol–water partition coefficient (Wildman–Crippen LogP) is -0.819. The highest BCUT2D eigenvalue weighted by molar-refractivity contribution is 5.82. The zero-order valence-electron chi connectivity index (χ0n) is 5.24. The molecular formula is C5H10N2O2. The first kappa shape index (κ1) is 6.51. The average molecular weight is 130 g/mol. The Kier molecular flexibility index (Phi) is 1.42. The molecule has 1 aliphatic heterocycles. The van der Waals surface area contributed by atoms with E-state index >= 15 is 0 Å². The summed E-state index contributed by atoms with van der Waals surface area (Å²) in [5.74, 6) is -0.301. The molecule has 0 unspecified atom stereocenters. The van der Waals surface area contributed by atoms with Crippen LogP contribution in [0.25, 0.3) is 0 Å². The number of hydrogen-bond acceptors (Lipinski definition) is 3. The second-order valence-electron chi connectivity index (χ2n) is 2.42. The van der Waals surface area contributed by atoms with Crippen LogP contribution >= 0.6 is 0 Å². The Labute approximate surface area is 53.2 Å². The molecule has 1 fully saturated rings. The number of amides is 1. The van der Waals surface area contributed by atoms with Crippen molar-refractivity contribution < 1.29 is 10.0 Å². The molecule has 1 rings (SSSR count). The molecule has 9 heavy (non-hydrogen) atoms. The number of hydrogen-bond donors (Lipinski definition) is 2. The minimum Gasteiger partial charge on any atom is -0.320 e. The summed E-state index contributed by atoms with van der Waals surface area (Å²) in [5.41, 5.74) is 5.36. The predicted molar refractivity (Wildman–Crippen MR) is 30.6 cm³/mol. The molecule has 1 aliphatic rings. The molecule has 52 valence electrons. The van der Waals surface area contributed by atoms with E-state index in [1.807, 2.05) is 6.92 Å². The summed E-state index contributed by atoms with van der Waals surface area (Å²) in [7, 11) is 0. The molecule has 1 saturated heterocycles. The molecule has 0 aromatic rings. The Balaban J connectivity index is 2.65. The summed E-state index contributed by atoms with van der Waals surface area (Å²) in [5, 5.41) is 9.42. The van der Waals surface area contributed by atoms with Crippen molar-refractivity contribution in [3.8, 4) is 0 Å². The summed E-state index contributed by atoms with van der Waals surface area (Å²) in [4.78, 5) is 10.7. The van der Waals surface area contributed by atoms with Crippen LogP contribution in [0.5, 0.6) is 0 Å². The minimum absolute atomic E-state index is 0.0718. The lowest BCUT2D eigenvalue weighted by atomic mass is 10.1. The van der Waals surface area contributed by atoms with Gasteiger partial charge in [-0.2, -0.15) is 0 Å².